The van der Waals surface area contributed by atoms with Crippen molar-refractivity contribution in [3.8, 4) is 0 Å². The lowest BCUT2D eigenvalue weighted by molar-refractivity contribution is -0.123. The lowest BCUT2D eigenvalue weighted by Gasteiger charge is -2.24. The number of pyridine rings is 1. The molecule has 2 aromatic heterocycles. The molecule has 2 amide bonds. The molecule has 0 saturated carbocycles. The van der Waals surface area contributed by atoms with Gasteiger partial charge in [-0.25, -0.2) is 9.50 Å². The van der Waals surface area contributed by atoms with E-state index in [1.807, 2.05) is 36.4 Å². The Morgan fingerprint density at radius 3 is 3.04 bits per heavy atom. The van der Waals surface area contributed by atoms with Crippen LogP contribution in [0.4, 0.5) is 0 Å². The van der Waals surface area contributed by atoms with Gasteiger partial charge in [0.05, 0.1) is 12.2 Å². The number of aromatic nitrogens is 3. The molecule has 1 atom stereocenters. The van der Waals surface area contributed by atoms with E-state index < -0.39 is 6.04 Å². The van der Waals surface area contributed by atoms with Gasteiger partial charge >= 0.3 is 0 Å². The molecule has 7 nitrogen and oxygen atoms in total. The predicted molar refractivity (Wildman–Crippen MR) is 86.2 cm³/mol. The van der Waals surface area contributed by atoms with Gasteiger partial charge in [0, 0.05) is 12.0 Å². The Labute approximate surface area is 137 Å². The number of fused-ring (bicyclic) bond motifs is 2. The monoisotopic (exact) mass is 321 g/mol. The van der Waals surface area contributed by atoms with Crippen molar-refractivity contribution in [2.75, 3.05) is 0 Å². The number of rotatable bonds is 3. The van der Waals surface area contributed by atoms with Gasteiger partial charge in [-0.1, -0.05) is 24.3 Å². The minimum atomic E-state index is -0.567. The van der Waals surface area contributed by atoms with Gasteiger partial charge in [-0.2, -0.15) is 5.10 Å². The van der Waals surface area contributed by atoms with E-state index in [4.69, 9.17) is 0 Å². The van der Waals surface area contributed by atoms with Crippen molar-refractivity contribution in [1.29, 1.82) is 0 Å². The van der Waals surface area contributed by atoms with Gasteiger partial charge in [0.15, 0.2) is 5.65 Å². The highest BCUT2D eigenvalue weighted by atomic mass is 16.2. The Bertz CT molecular complexity index is 933. The summed E-state index contributed by atoms with van der Waals surface area (Å²) >= 11 is 0. The fourth-order valence-corrected chi connectivity index (χ4v) is 2.92. The van der Waals surface area contributed by atoms with Crippen molar-refractivity contribution >= 4 is 17.5 Å². The molecule has 2 N–H and O–H groups in total. The van der Waals surface area contributed by atoms with E-state index in [0.29, 0.717) is 18.5 Å². The highest BCUT2D eigenvalue weighted by molar-refractivity contribution is 6.00. The van der Waals surface area contributed by atoms with Gasteiger partial charge < -0.3 is 10.6 Å². The van der Waals surface area contributed by atoms with Crippen molar-refractivity contribution in [3.05, 3.63) is 65.6 Å². The molecule has 120 valence electrons. The maximum absolute atomic E-state index is 12.4. The number of carbonyl (C=O) groups excluding carboxylic acids is 2. The molecule has 0 fully saturated rings. The molecule has 1 unspecified atom stereocenters. The van der Waals surface area contributed by atoms with E-state index in [1.54, 1.807) is 10.6 Å². The van der Waals surface area contributed by atoms with Crippen molar-refractivity contribution < 1.29 is 9.59 Å². The molecule has 24 heavy (non-hydrogen) atoms. The van der Waals surface area contributed by atoms with Gasteiger partial charge in [0.1, 0.15) is 12.4 Å². The smallest absolute Gasteiger partial charge is 0.252 e. The van der Waals surface area contributed by atoms with E-state index in [-0.39, 0.29) is 11.8 Å². The normalized spacial score (nSPS) is 16.5. The number of benzene rings is 1. The molecule has 0 spiro atoms. The standard InChI is InChI=1S/C17H15N5O2/c23-16-13-6-2-1-4-11(13)8-14(21-16)17(24)18-9-12-5-3-7-15-19-10-20-22(12)15/h1-7,10,14H,8-9H2,(H,18,24)(H,21,23). The van der Waals surface area contributed by atoms with Gasteiger partial charge in [0.25, 0.3) is 5.91 Å². The molecule has 3 aromatic rings. The van der Waals surface area contributed by atoms with E-state index in [1.165, 1.54) is 6.33 Å². The first-order chi connectivity index (χ1) is 11.7. The molecule has 0 bridgehead atoms. The summed E-state index contributed by atoms with van der Waals surface area (Å²) < 4.78 is 1.68. The van der Waals surface area contributed by atoms with Crippen LogP contribution in [0.3, 0.4) is 0 Å². The Balaban J connectivity index is 1.47. The second-order valence-corrected chi connectivity index (χ2v) is 5.65. The van der Waals surface area contributed by atoms with Crippen molar-refractivity contribution in [2.45, 2.75) is 19.0 Å². The maximum Gasteiger partial charge on any atom is 0.252 e. The highest BCUT2D eigenvalue weighted by Gasteiger charge is 2.28. The van der Waals surface area contributed by atoms with Crippen LogP contribution in [-0.2, 0) is 17.8 Å². The van der Waals surface area contributed by atoms with Crippen LogP contribution in [0.5, 0.6) is 0 Å². The Kier molecular flexibility index (Phi) is 3.45. The Morgan fingerprint density at radius 1 is 1.25 bits per heavy atom. The SMILES string of the molecule is O=C1NC(C(=O)NCc2cccc3ncnn23)Cc2ccccc21. The second-order valence-electron chi connectivity index (χ2n) is 5.65. The molecule has 1 aliphatic rings. The molecule has 0 saturated heterocycles. The fraction of sp³-hybridized carbons (Fsp3) is 0.176. The first kappa shape index (κ1) is 14.4. The minimum Gasteiger partial charge on any atom is -0.349 e. The Hall–Kier alpha value is -3.22. The summed E-state index contributed by atoms with van der Waals surface area (Å²) in [7, 11) is 0. The topological polar surface area (TPSA) is 88.4 Å². The zero-order chi connectivity index (χ0) is 16.5. The molecular formula is C17H15N5O2. The molecule has 1 aliphatic heterocycles. The van der Waals surface area contributed by atoms with Crippen molar-refractivity contribution in [3.63, 3.8) is 0 Å². The Morgan fingerprint density at radius 2 is 2.12 bits per heavy atom. The lowest BCUT2D eigenvalue weighted by Crippen LogP contribution is -2.50. The molecular weight excluding hydrogens is 306 g/mol. The zero-order valence-electron chi connectivity index (χ0n) is 12.8. The van der Waals surface area contributed by atoms with Crippen LogP contribution in [0, 0.1) is 0 Å². The quantitative estimate of drug-likeness (QED) is 0.743. The van der Waals surface area contributed by atoms with Gasteiger partial charge in [0.2, 0.25) is 5.91 Å². The van der Waals surface area contributed by atoms with Crippen LogP contribution in [0.1, 0.15) is 21.6 Å². The first-order valence-electron chi connectivity index (χ1n) is 7.66. The number of hydrogen-bond donors (Lipinski definition) is 2. The largest absolute Gasteiger partial charge is 0.349 e. The summed E-state index contributed by atoms with van der Waals surface area (Å²) in [5.41, 5.74) is 3.07. The van der Waals surface area contributed by atoms with Crippen molar-refractivity contribution in [1.82, 2.24) is 25.2 Å². The molecule has 0 aliphatic carbocycles. The van der Waals surface area contributed by atoms with E-state index in [0.717, 1.165) is 16.9 Å². The van der Waals surface area contributed by atoms with E-state index in [9.17, 15) is 9.59 Å². The lowest BCUT2D eigenvalue weighted by atomic mass is 9.95. The highest BCUT2D eigenvalue weighted by Crippen LogP contribution is 2.16. The number of hydrogen-bond acceptors (Lipinski definition) is 4. The van der Waals surface area contributed by atoms with Gasteiger partial charge in [-0.15, -0.1) is 0 Å². The molecule has 3 heterocycles. The summed E-state index contributed by atoms with van der Waals surface area (Å²) in [6.07, 6.45) is 1.96. The number of nitrogens with zero attached hydrogens (tertiary/aromatic N) is 3. The average Bonchev–Trinajstić information content (AvgIpc) is 3.09. The van der Waals surface area contributed by atoms with E-state index >= 15 is 0 Å². The second kappa shape index (κ2) is 5.77. The van der Waals surface area contributed by atoms with Crippen LogP contribution < -0.4 is 10.6 Å². The molecule has 0 radical (unpaired) electrons. The summed E-state index contributed by atoms with van der Waals surface area (Å²) in [4.78, 5) is 28.6. The van der Waals surface area contributed by atoms with Gasteiger partial charge in [-0.05, 0) is 23.8 Å². The van der Waals surface area contributed by atoms with E-state index in [2.05, 4.69) is 20.7 Å². The third kappa shape index (κ3) is 2.50. The predicted octanol–water partition coefficient (Wildman–Crippen LogP) is 0.700. The zero-order valence-corrected chi connectivity index (χ0v) is 12.8. The number of amides is 2. The number of nitrogens with one attached hydrogen (secondary N) is 2. The van der Waals surface area contributed by atoms with Crippen LogP contribution in [0.2, 0.25) is 0 Å². The average molecular weight is 321 g/mol. The van der Waals surface area contributed by atoms with Crippen molar-refractivity contribution in [2.24, 2.45) is 0 Å². The summed E-state index contributed by atoms with van der Waals surface area (Å²) in [5, 5.41) is 9.75. The molecule has 1 aromatic carbocycles. The fourth-order valence-electron chi connectivity index (χ4n) is 2.92. The van der Waals surface area contributed by atoms with Gasteiger partial charge in [-0.3, -0.25) is 9.59 Å². The maximum atomic E-state index is 12.4. The number of carbonyl (C=O) groups is 2. The third-order valence-electron chi connectivity index (χ3n) is 4.13. The minimum absolute atomic E-state index is 0.213. The summed E-state index contributed by atoms with van der Waals surface area (Å²) in [5.74, 6) is -0.426. The van der Waals surface area contributed by atoms with Crippen LogP contribution in [0.15, 0.2) is 48.8 Å². The molecule has 4 rings (SSSR count). The summed E-state index contributed by atoms with van der Waals surface area (Å²) in [6.45, 7) is 0.313. The van der Waals surface area contributed by atoms with Crippen LogP contribution >= 0.6 is 0 Å². The molecule has 7 heteroatoms. The first-order valence-corrected chi connectivity index (χ1v) is 7.66. The van der Waals surface area contributed by atoms with Crippen LogP contribution in [-0.4, -0.2) is 32.5 Å². The van der Waals surface area contributed by atoms with Crippen LogP contribution in [0.25, 0.3) is 5.65 Å². The summed E-state index contributed by atoms with van der Waals surface area (Å²) in [6, 6.07) is 12.4. The third-order valence-corrected chi connectivity index (χ3v) is 4.13.